The smallest absolute Gasteiger partial charge is 0.121 e. The number of hydrogen-bond donors (Lipinski definition) is 1. The zero-order chi connectivity index (χ0) is 13.7. The van der Waals surface area contributed by atoms with Crippen LogP contribution in [0, 0.1) is 12.8 Å². The van der Waals surface area contributed by atoms with Crippen LogP contribution in [-0.2, 0) is 0 Å². The van der Waals surface area contributed by atoms with Crippen LogP contribution in [0.15, 0.2) is 18.3 Å². The number of fused-ring (bicyclic) bond motifs is 1. The Morgan fingerprint density at radius 2 is 1.95 bits per heavy atom. The molecular weight excluding hydrogens is 236 g/mol. The summed E-state index contributed by atoms with van der Waals surface area (Å²) in [6, 6.07) is 4.15. The van der Waals surface area contributed by atoms with E-state index >= 15 is 0 Å². The molecule has 0 bridgehead atoms. The van der Waals surface area contributed by atoms with Crippen LogP contribution in [0.4, 0.5) is 0 Å². The summed E-state index contributed by atoms with van der Waals surface area (Å²) < 4.78 is 5.98. The zero-order valence-electron chi connectivity index (χ0n) is 12.2. The number of nitrogens with zero attached hydrogens (tertiary/aromatic N) is 1. The van der Waals surface area contributed by atoms with Crippen molar-refractivity contribution in [1.82, 2.24) is 10.2 Å². The molecule has 1 aromatic carbocycles. The molecule has 1 aromatic heterocycles. The fraction of sp³-hybridized carbons (Fsp3) is 0.562. The number of benzene rings is 1. The van der Waals surface area contributed by atoms with E-state index in [9.17, 15) is 0 Å². The lowest BCUT2D eigenvalue weighted by atomic mass is 9.99. The topological polar surface area (TPSA) is 37.9 Å². The molecule has 0 saturated carbocycles. The largest absolute Gasteiger partial charge is 0.493 e. The van der Waals surface area contributed by atoms with E-state index in [1.807, 2.05) is 12.3 Å². The number of ether oxygens (including phenoxy) is 1. The van der Waals surface area contributed by atoms with E-state index in [4.69, 9.17) is 4.74 Å². The summed E-state index contributed by atoms with van der Waals surface area (Å²) in [5.74, 6) is 1.62. The lowest BCUT2D eigenvalue weighted by Gasteiger charge is -2.16. The van der Waals surface area contributed by atoms with Gasteiger partial charge in [0.1, 0.15) is 5.75 Å². The predicted octanol–water partition coefficient (Wildman–Crippen LogP) is 4.47. The first-order chi connectivity index (χ1) is 9.24. The van der Waals surface area contributed by atoms with Crippen molar-refractivity contribution >= 4 is 10.9 Å². The molecule has 0 amide bonds. The summed E-state index contributed by atoms with van der Waals surface area (Å²) in [5, 5.41) is 8.26. The number of H-pyrrole nitrogens is 1. The van der Waals surface area contributed by atoms with E-state index in [-0.39, 0.29) is 0 Å². The van der Waals surface area contributed by atoms with E-state index in [1.54, 1.807) is 0 Å². The first kappa shape index (κ1) is 13.9. The average molecular weight is 260 g/mol. The molecule has 2 rings (SSSR count). The summed E-state index contributed by atoms with van der Waals surface area (Å²) in [6.07, 6.45) is 6.82. The maximum absolute atomic E-state index is 5.98. The van der Waals surface area contributed by atoms with Gasteiger partial charge in [-0.25, -0.2) is 0 Å². The first-order valence-corrected chi connectivity index (χ1v) is 7.31. The molecule has 3 heteroatoms. The highest BCUT2D eigenvalue weighted by Gasteiger charge is 2.09. The third kappa shape index (κ3) is 3.49. The van der Waals surface area contributed by atoms with E-state index in [2.05, 4.69) is 37.0 Å². The second kappa shape index (κ2) is 6.60. The molecule has 0 aliphatic carbocycles. The highest BCUT2D eigenvalue weighted by molar-refractivity contribution is 5.82. The summed E-state index contributed by atoms with van der Waals surface area (Å²) in [7, 11) is 0. The van der Waals surface area contributed by atoms with Crippen LogP contribution in [0.2, 0.25) is 0 Å². The average Bonchev–Trinajstić information content (AvgIpc) is 2.85. The maximum atomic E-state index is 5.98. The van der Waals surface area contributed by atoms with Crippen molar-refractivity contribution < 1.29 is 4.74 Å². The molecule has 1 N–H and O–H groups in total. The maximum Gasteiger partial charge on any atom is 0.121 e. The van der Waals surface area contributed by atoms with Gasteiger partial charge in [0.25, 0.3) is 0 Å². The number of aromatic nitrogens is 2. The van der Waals surface area contributed by atoms with Gasteiger partial charge in [-0.05, 0) is 37.3 Å². The van der Waals surface area contributed by atoms with Crippen LogP contribution in [0.5, 0.6) is 5.75 Å². The van der Waals surface area contributed by atoms with Gasteiger partial charge in [0.05, 0.1) is 18.3 Å². The highest BCUT2D eigenvalue weighted by Crippen LogP contribution is 2.24. The van der Waals surface area contributed by atoms with Gasteiger partial charge in [-0.1, -0.05) is 26.7 Å². The Labute approximate surface area is 115 Å². The molecule has 0 saturated heterocycles. The molecule has 1 heterocycles. The number of aromatic amines is 1. The van der Waals surface area contributed by atoms with Crippen molar-refractivity contribution in [2.24, 2.45) is 5.92 Å². The summed E-state index contributed by atoms with van der Waals surface area (Å²) in [6.45, 7) is 7.40. The lowest BCUT2D eigenvalue weighted by Crippen LogP contribution is -2.11. The Hall–Kier alpha value is -1.51. The standard InChI is InChI=1S/C16H24N2O/c1-4-6-13(7-5-2)11-19-14-8-12(3)15-10-17-18-16(15)9-14/h8-10,13H,4-7,11H2,1-3H3,(H,17,18). The van der Waals surface area contributed by atoms with Crippen molar-refractivity contribution in [3.05, 3.63) is 23.9 Å². The second-order valence-corrected chi connectivity index (χ2v) is 5.33. The van der Waals surface area contributed by atoms with Crippen molar-refractivity contribution in [3.8, 4) is 5.75 Å². The van der Waals surface area contributed by atoms with E-state index in [0.717, 1.165) is 17.9 Å². The Balaban J connectivity index is 2.03. The molecule has 0 spiro atoms. The van der Waals surface area contributed by atoms with Crippen molar-refractivity contribution in [2.45, 2.75) is 46.5 Å². The van der Waals surface area contributed by atoms with Crippen molar-refractivity contribution in [1.29, 1.82) is 0 Å². The Kier molecular flexibility index (Phi) is 4.83. The van der Waals surface area contributed by atoms with Gasteiger partial charge in [0, 0.05) is 11.5 Å². The third-order valence-electron chi connectivity index (χ3n) is 3.62. The van der Waals surface area contributed by atoms with Crippen LogP contribution < -0.4 is 4.74 Å². The molecule has 0 radical (unpaired) electrons. The fourth-order valence-corrected chi connectivity index (χ4v) is 2.62. The summed E-state index contributed by atoms with van der Waals surface area (Å²) in [4.78, 5) is 0. The van der Waals surface area contributed by atoms with Gasteiger partial charge >= 0.3 is 0 Å². The van der Waals surface area contributed by atoms with E-state index < -0.39 is 0 Å². The molecule has 0 atom stereocenters. The Bertz CT molecular complexity index is 512. The first-order valence-electron chi connectivity index (χ1n) is 7.31. The van der Waals surface area contributed by atoms with Gasteiger partial charge in [-0.3, -0.25) is 5.10 Å². The molecular formula is C16H24N2O. The van der Waals surface area contributed by atoms with Gasteiger partial charge < -0.3 is 4.74 Å². The predicted molar refractivity (Wildman–Crippen MR) is 79.6 cm³/mol. The van der Waals surface area contributed by atoms with Crippen LogP contribution in [-0.4, -0.2) is 16.8 Å². The highest BCUT2D eigenvalue weighted by atomic mass is 16.5. The molecule has 0 aliphatic heterocycles. The molecule has 0 aliphatic rings. The summed E-state index contributed by atoms with van der Waals surface area (Å²) >= 11 is 0. The van der Waals surface area contributed by atoms with Crippen molar-refractivity contribution in [3.63, 3.8) is 0 Å². The number of aryl methyl sites for hydroxylation is 1. The fourth-order valence-electron chi connectivity index (χ4n) is 2.62. The number of hydrogen-bond acceptors (Lipinski definition) is 2. The van der Waals surface area contributed by atoms with Crippen molar-refractivity contribution in [2.75, 3.05) is 6.61 Å². The number of rotatable bonds is 7. The van der Waals surface area contributed by atoms with Crippen LogP contribution in [0.1, 0.15) is 45.1 Å². The van der Waals surface area contributed by atoms with Crippen LogP contribution in [0.3, 0.4) is 0 Å². The van der Waals surface area contributed by atoms with Gasteiger partial charge in [0.15, 0.2) is 0 Å². The lowest BCUT2D eigenvalue weighted by molar-refractivity contribution is 0.230. The van der Waals surface area contributed by atoms with E-state index in [1.165, 1.54) is 36.6 Å². The molecule has 104 valence electrons. The monoisotopic (exact) mass is 260 g/mol. The van der Waals surface area contributed by atoms with E-state index in [0.29, 0.717) is 5.92 Å². The molecule has 0 unspecified atom stereocenters. The Morgan fingerprint density at radius 1 is 1.21 bits per heavy atom. The van der Waals surface area contributed by atoms with Crippen LogP contribution >= 0.6 is 0 Å². The molecule has 3 nitrogen and oxygen atoms in total. The molecule has 0 fully saturated rings. The zero-order valence-corrected chi connectivity index (χ0v) is 12.2. The number of nitrogens with one attached hydrogen (secondary N) is 1. The SMILES string of the molecule is CCCC(CCC)COc1cc(C)c2cn[nH]c2c1. The third-order valence-corrected chi connectivity index (χ3v) is 3.62. The molecule has 19 heavy (non-hydrogen) atoms. The molecule has 2 aromatic rings. The minimum atomic E-state index is 0.674. The van der Waals surface area contributed by atoms with Gasteiger partial charge in [-0.15, -0.1) is 0 Å². The summed E-state index contributed by atoms with van der Waals surface area (Å²) in [5.41, 5.74) is 2.27. The van der Waals surface area contributed by atoms with Gasteiger partial charge in [0.2, 0.25) is 0 Å². The minimum Gasteiger partial charge on any atom is -0.493 e. The minimum absolute atomic E-state index is 0.674. The second-order valence-electron chi connectivity index (χ2n) is 5.33. The van der Waals surface area contributed by atoms with Crippen LogP contribution in [0.25, 0.3) is 10.9 Å². The normalized spacial score (nSPS) is 11.4. The van der Waals surface area contributed by atoms with Gasteiger partial charge in [-0.2, -0.15) is 5.10 Å². The quantitative estimate of drug-likeness (QED) is 0.797. The Morgan fingerprint density at radius 3 is 2.63 bits per heavy atom.